The van der Waals surface area contributed by atoms with E-state index in [4.69, 9.17) is 0 Å². The topological polar surface area (TPSA) is 31.9 Å². The Morgan fingerprint density at radius 1 is 1.50 bits per heavy atom. The van der Waals surface area contributed by atoms with Crippen LogP contribution in [0.5, 0.6) is 0 Å². The zero-order valence-electron chi connectivity index (χ0n) is 9.25. The molecule has 0 saturated carbocycles. The second-order valence-corrected chi connectivity index (χ2v) is 4.75. The van der Waals surface area contributed by atoms with Crippen molar-refractivity contribution in [1.29, 1.82) is 0 Å². The van der Waals surface area contributed by atoms with Crippen molar-refractivity contribution in [1.82, 2.24) is 15.1 Å². The molecule has 0 aromatic carbocycles. The minimum absolute atomic E-state index is 0.621. The minimum atomic E-state index is 0.621. The largest absolute Gasteiger partial charge is 0.302 e. The maximum Gasteiger partial charge on any atom is 0.0535 e. The first-order valence-electron chi connectivity index (χ1n) is 5.37. The first-order chi connectivity index (χ1) is 6.66. The molecule has 2 atom stereocenters. The molecular formula is C11H19N3. The van der Waals surface area contributed by atoms with Crippen molar-refractivity contribution in [3.8, 4) is 0 Å². The van der Waals surface area contributed by atoms with Crippen LogP contribution in [-0.2, 0) is 6.54 Å². The van der Waals surface area contributed by atoms with E-state index >= 15 is 0 Å². The van der Waals surface area contributed by atoms with E-state index < -0.39 is 0 Å². The normalized spacial score (nSPS) is 29.4. The quantitative estimate of drug-likeness (QED) is 0.683. The first-order valence-corrected chi connectivity index (χ1v) is 5.37. The van der Waals surface area contributed by atoms with Gasteiger partial charge in [0, 0.05) is 24.3 Å². The van der Waals surface area contributed by atoms with Crippen molar-refractivity contribution in [3.63, 3.8) is 0 Å². The zero-order valence-corrected chi connectivity index (χ0v) is 9.25. The highest BCUT2D eigenvalue weighted by molar-refractivity contribution is 5.20. The van der Waals surface area contributed by atoms with Crippen molar-refractivity contribution < 1.29 is 0 Å². The molecule has 2 heterocycles. The molecule has 78 valence electrons. The summed E-state index contributed by atoms with van der Waals surface area (Å²) in [6.07, 6.45) is 3.22. The monoisotopic (exact) mass is 193 g/mol. The van der Waals surface area contributed by atoms with E-state index in [9.17, 15) is 0 Å². The molecule has 0 fully saturated rings. The summed E-state index contributed by atoms with van der Waals surface area (Å²) in [5.41, 5.74) is 2.70. The van der Waals surface area contributed by atoms with Crippen LogP contribution in [0.15, 0.2) is 6.20 Å². The molecule has 3 nitrogen and oxygen atoms in total. The Balaban J connectivity index is 2.27. The number of H-pyrrole nitrogens is 1. The van der Waals surface area contributed by atoms with Gasteiger partial charge in [0.05, 0.1) is 6.20 Å². The number of hydrogen-bond donors (Lipinski definition) is 1. The smallest absolute Gasteiger partial charge is 0.0535 e. The number of nitrogens with one attached hydrogen (secondary N) is 1. The van der Waals surface area contributed by atoms with Gasteiger partial charge in [-0.05, 0) is 25.3 Å². The Bertz CT molecular complexity index is 305. The fraction of sp³-hybridized carbons (Fsp3) is 0.727. The van der Waals surface area contributed by atoms with Gasteiger partial charge in [0.2, 0.25) is 0 Å². The van der Waals surface area contributed by atoms with Crippen molar-refractivity contribution in [2.45, 2.75) is 32.7 Å². The molecule has 0 radical (unpaired) electrons. The second kappa shape index (κ2) is 3.73. The number of nitrogens with zero attached hydrogens (tertiary/aromatic N) is 2. The number of fused-ring (bicyclic) bond motifs is 1. The van der Waals surface area contributed by atoms with Crippen LogP contribution in [0.4, 0.5) is 0 Å². The first kappa shape index (κ1) is 9.71. The van der Waals surface area contributed by atoms with Gasteiger partial charge in [-0.1, -0.05) is 13.8 Å². The standard InChI is InChI=1S/C11H19N3/c1-8-4-9(2)11-10(5-12-13-11)7-14(3)6-8/h5,8-9H,4,6-7H2,1-3H3,(H,12,13). The van der Waals surface area contributed by atoms with Crippen LogP contribution in [0, 0.1) is 5.92 Å². The van der Waals surface area contributed by atoms with E-state index in [0.717, 1.165) is 12.5 Å². The van der Waals surface area contributed by atoms with Crippen LogP contribution in [0.2, 0.25) is 0 Å². The van der Waals surface area contributed by atoms with Gasteiger partial charge in [-0.15, -0.1) is 0 Å². The lowest BCUT2D eigenvalue weighted by Gasteiger charge is -2.27. The highest BCUT2D eigenvalue weighted by atomic mass is 15.1. The van der Waals surface area contributed by atoms with Gasteiger partial charge in [0.15, 0.2) is 0 Å². The lowest BCUT2D eigenvalue weighted by Crippen LogP contribution is -2.27. The molecule has 0 amide bonds. The van der Waals surface area contributed by atoms with E-state index in [1.807, 2.05) is 6.20 Å². The third kappa shape index (κ3) is 1.82. The van der Waals surface area contributed by atoms with Crippen LogP contribution in [0.25, 0.3) is 0 Å². The van der Waals surface area contributed by atoms with Crippen LogP contribution >= 0.6 is 0 Å². The predicted molar refractivity (Wildman–Crippen MR) is 57.1 cm³/mol. The average Bonchev–Trinajstić information content (AvgIpc) is 2.49. The Kier molecular flexibility index (Phi) is 2.59. The van der Waals surface area contributed by atoms with E-state index in [1.54, 1.807) is 0 Å². The molecule has 14 heavy (non-hydrogen) atoms. The molecule has 1 aromatic heterocycles. The summed E-state index contributed by atoms with van der Waals surface area (Å²) >= 11 is 0. The van der Waals surface area contributed by atoms with E-state index in [2.05, 4.69) is 36.0 Å². The number of aromatic nitrogens is 2. The SMILES string of the molecule is CC1CC(C)c2[nH]ncc2CN(C)C1. The van der Waals surface area contributed by atoms with Gasteiger partial charge >= 0.3 is 0 Å². The van der Waals surface area contributed by atoms with Crippen molar-refractivity contribution in [2.24, 2.45) is 5.92 Å². The molecule has 1 N–H and O–H groups in total. The van der Waals surface area contributed by atoms with Crippen LogP contribution < -0.4 is 0 Å². The Hall–Kier alpha value is -0.830. The lowest BCUT2D eigenvalue weighted by atomic mass is 9.90. The van der Waals surface area contributed by atoms with Crippen molar-refractivity contribution in [2.75, 3.05) is 13.6 Å². The predicted octanol–water partition coefficient (Wildman–Crippen LogP) is 1.98. The summed E-state index contributed by atoms with van der Waals surface area (Å²) in [6, 6.07) is 0. The summed E-state index contributed by atoms with van der Waals surface area (Å²) in [4.78, 5) is 2.38. The summed E-state index contributed by atoms with van der Waals surface area (Å²) in [5.74, 6) is 1.39. The molecule has 0 saturated heterocycles. The Morgan fingerprint density at radius 3 is 3.07 bits per heavy atom. The van der Waals surface area contributed by atoms with Crippen molar-refractivity contribution >= 4 is 0 Å². The maximum atomic E-state index is 4.15. The molecule has 2 rings (SSSR count). The molecule has 0 spiro atoms. The fourth-order valence-corrected chi connectivity index (χ4v) is 2.56. The molecule has 0 bridgehead atoms. The Labute approximate surface area is 85.5 Å². The summed E-state index contributed by atoms with van der Waals surface area (Å²) in [6.45, 7) is 6.84. The van der Waals surface area contributed by atoms with Gasteiger partial charge in [0.25, 0.3) is 0 Å². The molecule has 1 aromatic rings. The highest BCUT2D eigenvalue weighted by Crippen LogP contribution is 2.27. The van der Waals surface area contributed by atoms with Crippen LogP contribution in [0.1, 0.15) is 37.4 Å². The molecule has 1 aliphatic rings. The van der Waals surface area contributed by atoms with Gasteiger partial charge in [-0.2, -0.15) is 5.10 Å². The van der Waals surface area contributed by atoms with Crippen molar-refractivity contribution in [3.05, 3.63) is 17.5 Å². The highest BCUT2D eigenvalue weighted by Gasteiger charge is 2.20. The number of rotatable bonds is 0. The maximum absolute atomic E-state index is 4.15. The van der Waals surface area contributed by atoms with E-state index in [0.29, 0.717) is 5.92 Å². The Morgan fingerprint density at radius 2 is 2.29 bits per heavy atom. The molecule has 1 aliphatic heterocycles. The third-order valence-corrected chi connectivity index (χ3v) is 3.06. The molecule has 0 aliphatic carbocycles. The summed E-state index contributed by atoms with van der Waals surface area (Å²) < 4.78 is 0. The summed E-state index contributed by atoms with van der Waals surface area (Å²) in [5, 5.41) is 7.28. The van der Waals surface area contributed by atoms with Gasteiger partial charge < -0.3 is 4.90 Å². The third-order valence-electron chi connectivity index (χ3n) is 3.06. The molecule has 3 heteroatoms. The van der Waals surface area contributed by atoms with E-state index in [-0.39, 0.29) is 0 Å². The summed E-state index contributed by atoms with van der Waals surface area (Å²) in [7, 11) is 2.18. The van der Waals surface area contributed by atoms with Gasteiger partial charge in [-0.3, -0.25) is 5.10 Å². The van der Waals surface area contributed by atoms with Gasteiger partial charge in [-0.25, -0.2) is 0 Å². The molecule has 2 unspecified atom stereocenters. The number of hydrogen-bond acceptors (Lipinski definition) is 2. The second-order valence-electron chi connectivity index (χ2n) is 4.75. The fourth-order valence-electron chi connectivity index (χ4n) is 2.56. The number of aromatic amines is 1. The zero-order chi connectivity index (χ0) is 10.1. The minimum Gasteiger partial charge on any atom is -0.302 e. The van der Waals surface area contributed by atoms with Crippen LogP contribution in [-0.4, -0.2) is 28.7 Å². The van der Waals surface area contributed by atoms with Gasteiger partial charge in [0.1, 0.15) is 0 Å². The lowest BCUT2D eigenvalue weighted by molar-refractivity contribution is 0.254. The molecular weight excluding hydrogens is 174 g/mol. The average molecular weight is 193 g/mol. The van der Waals surface area contributed by atoms with E-state index in [1.165, 1.54) is 24.2 Å². The van der Waals surface area contributed by atoms with Crippen LogP contribution in [0.3, 0.4) is 0 Å².